The largest absolute Gasteiger partial charge is 0.454 e. The van der Waals surface area contributed by atoms with Crippen LogP contribution in [0.1, 0.15) is 27.7 Å². The maximum absolute atomic E-state index is 11.3. The third-order valence-electron chi connectivity index (χ3n) is 2.15. The van der Waals surface area contributed by atoms with E-state index in [1.807, 2.05) is 0 Å². The summed E-state index contributed by atoms with van der Waals surface area (Å²) in [5.41, 5.74) is -0.901. The summed E-state index contributed by atoms with van der Waals surface area (Å²) >= 11 is 0. The normalized spacial score (nSPS) is 14.2. The SMILES string of the molecule is C=C(C)C(=O)OC(C)(C)C(C)OS(=O)(=O)OC. The number of carbonyl (C=O) groups is 1. The van der Waals surface area contributed by atoms with E-state index in [9.17, 15) is 13.2 Å². The van der Waals surface area contributed by atoms with Crippen molar-refractivity contribution < 1.29 is 26.3 Å². The van der Waals surface area contributed by atoms with Crippen LogP contribution in [0.5, 0.6) is 0 Å². The average Bonchev–Trinajstić information content (AvgIpc) is 2.16. The smallest absolute Gasteiger partial charge is 0.399 e. The number of esters is 1. The number of ether oxygens (including phenoxy) is 1. The minimum absolute atomic E-state index is 0.222. The van der Waals surface area contributed by atoms with E-state index in [1.165, 1.54) is 27.7 Å². The van der Waals surface area contributed by atoms with Crippen LogP contribution in [0.4, 0.5) is 0 Å². The summed E-state index contributed by atoms with van der Waals surface area (Å²) in [5, 5.41) is 0. The quantitative estimate of drug-likeness (QED) is 0.530. The molecule has 0 aliphatic carbocycles. The Labute approximate surface area is 102 Å². The molecule has 0 saturated carbocycles. The highest BCUT2D eigenvalue weighted by molar-refractivity contribution is 7.81. The lowest BCUT2D eigenvalue weighted by atomic mass is 10.0. The number of hydrogen-bond donors (Lipinski definition) is 0. The van der Waals surface area contributed by atoms with E-state index in [-0.39, 0.29) is 5.57 Å². The van der Waals surface area contributed by atoms with E-state index < -0.39 is 28.1 Å². The molecule has 0 bridgehead atoms. The second kappa shape index (κ2) is 5.61. The standard InChI is InChI=1S/C10H18O6S/c1-7(2)9(11)15-10(4,5)8(3)16-17(12,13)14-6/h8H,1H2,2-6H3. The van der Waals surface area contributed by atoms with Crippen molar-refractivity contribution in [2.75, 3.05) is 7.11 Å². The van der Waals surface area contributed by atoms with Crippen molar-refractivity contribution >= 4 is 16.4 Å². The molecule has 6 nitrogen and oxygen atoms in total. The summed E-state index contributed by atoms with van der Waals surface area (Å²) in [7, 11) is -3.09. The topological polar surface area (TPSA) is 78.9 Å². The first-order valence-electron chi connectivity index (χ1n) is 4.89. The van der Waals surface area contributed by atoms with E-state index in [0.29, 0.717) is 0 Å². The highest BCUT2D eigenvalue weighted by Gasteiger charge is 2.34. The van der Waals surface area contributed by atoms with Gasteiger partial charge in [-0.3, -0.25) is 4.18 Å². The van der Waals surface area contributed by atoms with E-state index in [1.54, 1.807) is 0 Å². The lowest BCUT2D eigenvalue weighted by Crippen LogP contribution is -2.42. The van der Waals surface area contributed by atoms with E-state index >= 15 is 0 Å². The maximum atomic E-state index is 11.3. The summed E-state index contributed by atoms with van der Waals surface area (Å²) in [6.45, 7) is 9.45. The Hall–Kier alpha value is -0.920. The summed E-state index contributed by atoms with van der Waals surface area (Å²) < 4.78 is 36.0. The summed E-state index contributed by atoms with van der Waals surface area (Å²) in [5.74, 6) is -0.611. The molecule has 0 fully saturated rings. The monoisotopic (exact) mass is 266 g/mol. The Bertz CT molecular complexity index is 395. The minimum Gasteiger partial charge on any atom is -0.454 e. The van der Waals surface area contributed by atoms with Gasteiger partial charge < -0.3 is 4.74 Å². The zero-order chi connectivity index (χ0) is 13.9. The first-order valence-corrected chi connectivity index (χ1v) is 6.23. The van der Waals surface area contributed by atoms with Crippen LogP contribution >= 0.6 is 0 Å². The molecule has 0 spiro atoms. The molecule has 0 heterocycles. The molecule has 7 heteroatoms. The van der Waals surface area contributed by atoms with Crippen molar-refractivity contribution in [3.05, 3.63) is 12.2 Å². The van der Waals surface area contributed by atoms with Crippen molar-refractivity contribution in [2.45, 2.75) is 39.4 Å². The van der Waals surface area contributed by atoms with Gasteiger partial charge in [-0.1, -0.05) is 6.58 Å². The van der Waals surface area contributed by atoms with Crippen molar-refractivity contribution in [3.63, 3.8) is 0 Å². The van der Waals surface area contributed by atoms with Gasteiger partial charge in [-0.05, 0) is 27.7 Å². The fraction of sp³-hybridized carbons (Fsp3) is 0.700. The molecule has 0 aromatic rings. The van der Waals surface area contributed by atoms with Crippen LogP contribution < -0.4 is 0 Å². The van der Waals surface area contributed by atoms with Crippen LogP contribution in [0.2, 0.25) is 0 Å². The highest BCUT2D eigenvalue weighted by Crippen LogP contribution is 2.21. The third kappa shape index (κ3) is 5.29. The number of carbonyl (C=O) groups excluding carboxylic acids is 1. The molecule has 1 atom stereocenters. The molecule has 0 aromatic heterocycles. The molecule has 0 N–H and O–H groups in total. The van der Waals surface area contributed by atoms with Crippen molar-refractivity contribution in [1.29, 1.82) is 0 Å². The summed E-state index contributed by atoms with van der Waals surface area (Å²) in [4.78, 5) is 11.3. The molecular weight excluding hydrogens is 248 g/mol. The Morgan fingerprint density at radius 2 is 1.82 bits per heavy atom. The van der Waals surface area contributed by atoms with Gasteiger partial charge in [0.15, 0.2) is 0 Å². The third-order valence-corrected chi connectivity index (χ3v) is 3.08. The van der Waals surface area contributed by atoms with Crippen molar-refractivity contribution in [2.24, 2.45) is 0 Å². The fourth-order valence-corrected chi connectivity index (χ4v) is 1.40. The molecule has 0 saturated heterocycles. The van der Waals surface area contributed by atoms with E-state index in [2.05, 4.69) is 14.9 Å². The maximum Gasteiger partial charge on any atom is 0.399 e. The van der Waals surface area contributed by atoms with Gasteiger partial charge >= 0.3 is 16.4 Å². The van der Waals surface area contributed by atoms with Gasteiger partial charge in [0.25, 0.3) is 0 Å². The predicted octanol–water partition coefficient (Wildman–Crippen LogP) is 1.18. The Kier molecular flexibility index (Phi) is 5.31. The van der Waals surface area contributed by atoms with Gasteiger partial charge in [0, 0.05) is 5.57 Å². The molecule has 0 amide bonds. The first-order chi connectivity index (χ1) is 7.52. The first kappa shape index (κ1) is 16.1. The van der Waals surface area contributed by atoms with Gasteiger partial charge in [0.1, 0.15) is 11.7 Å². The molecule has 0 aliphatic rings. The van der Waals surface area contributed by atoms with E-state index in [4.69, 9.17) is 4.74 Å². The van der Waals surface area contributed by atoms with Gasteiger partial charge in [0.05, 0.1) is 7.11 Å². The Morgan fingerprint density at radius 3 is 2.18 bits per heavy atom. The molecule has 17 heavy (non-hydrogen) atoms. The second-order valence-corrected chi connectivity index (χ2v) is 5.43. The molecule has 0 aliphatic heterocycles. The van der Waals surface area contributed by atoms with Crippen LogP contribution in [0.3, 0.4) is 0 Å². The van der Waals surface area contributed by atoms with Gasteiger partial charge in [0.2, 0.25) is 0 Å². The number of rotatable bonds is 6. The Balaban J connectivity index is 4.72. The molecular formula is C10H18O6S. The van der Waals surface area contributed by atoms with Crippen molar-refractivity contribution in [3.8, 4) is 0 Å². The molecule has 0 aromatic carbocycles. The van der Waals surface area contributed by atoms with Gasteiger partial charge in [-0.2, -0.15) is 8.42 Å². The molecule has 0 rings (SSSR count). The van der Waals surface area contributed by atoms with Crippen LogP contribution in [0.25, 0.3) is 0 Å². The highest BCUT2D eigenvalue weighted by atomic mass is 32.3. The molecule has 0 radical (unpaired) electrons. The van der Waals surface area contributed by atoms with Crippen LogP contribution in [-0.4, -0.2) is 33.2 Å². The van der Waals surface area contributed by atoms with Crippen LogP contribution in [0.15, 0.2) is 12.2 Å². The molecule has 1 unspecified atom stereocenters. The number of hydrogen-bond acceptors (Lipinski definition) is 6. The van der Waals surface area contributed by atoms with Crippen molar-refractivity contribution in [1.82, 2.24) is 0 Å². The van der Waals surface area contributed by atoms with E-state index in [0.717, 1.165) is 7.11 Å². The predicted molar refractivity (Wildman–Crippen MR) is 61.5 cm³/mol. The average molecular weight is 266 g/mol. The van der Waals surface area contributed by atoms with Crippen LogP contribution in [-0.2, 0) is 28.3 Å². The zero-order valence-corrected chi connectivity index (χ0v) is 11.5. The van der Waals surface area contributed by atoms with Gasteiger partial charge in [-0.15, -0.1) is 0 Å². The van der Waals surface area contributed by atoms with Gasteiger partial charge in [-0.25, -0.2) is 8.98 Å². The minimum atomic E-state index is -4.07. The summed E-state index contributed by atoms with van der Waals surface area (Å²) in [6, 6.07) is 0. The Morgan fingerprint density at radius 1 is 1.35 bits per heavy atom. The fourth-order valence-electron chi connectivity index (χ4n) is 0.741. The molecule has 100 valence electrons. The zero-order valence-electron chi connectivity index (χ0n) is 10.6. The lowest BCUT2D eigenvalue weighted by molar-refractivity contribution is -0.159. The van der Waals surface area contributed by atoms with Crippen LogP contribution in [0, 0.1) is 0 Å². The summed E-state index contributed by atoms with van der Waals surface area (Å²) in [6.07, 6.45) is -0.893. The second-order valence-electron chi connectivity index (χ2n) is 4.09. The lowest BCUT2D eigenvalue weighted by Gasteiger charge is -2.30.